The molecule has 0 aromatic rings. The van der Waals surface area contributed by atoms with E-state index in [0.29, 0.717) is 0 Å². The van der Waals surface area contributed by atoms with Crippen molar-refractivity contribution in [3.8, 4) is 0 Å². The second-order valence-corrected chi connectivity index (χ2v) is 0. The van der Waals surface area contributed by atoms with Crippen LogP contribution < -0.4 is 0 Å². The Kier molecular flexibility index (Phi) is 981. The van der Waals surface area contributed by atoms with Gasteiger partial charge in [-0.15, -0.1) is 0 Å². The normalized spacial score (nSPS) is 0. The van der Waals surface area contributed by atoms with Gasteiger partial charge in [-0.2, -0.15) is 0 Å². The molecular weight excluding hydrogens is 2030 g/mol. The van der Waals surface area contributed by atoms with Crippen LogP contribution in [-0.4, -0.2) is 0 Å². The fraction of sp³-hybridized carbons (Fsp3) is 0. The summed E-state index contributed by atoms with van der Waals surface area (Å²) < 4.78 is 0. The zero-order chi connectivity index (χ0) is 0. The summed E-state index contributed by atoms with van der Waals surface area (Å²) in [6.45, 7) is 0. The molecule has 0 aliphatic carbocycles. The van der Waals surface area contributed by atoms with Crippen molar-refractivity contribution in [2.24, 2.45) is 0 Å². The summed E-state index contributed by atoms with van der Waals surface area (Å²) in [6.07, 6.45) is 0. The van der Waals surface area contributed by atoms with Crippen LogP contribution in [-0.2, 0) is 232 Å². The fourth-order valence-corrected chi connectivity index (χ4v) is 0. The molecular formula is CH3W11-. The Morgan fingerprint density at radius 2 is 0.167 bits per heavy atom. The second-order valence-electron chi connectivity index (χ2n) is 0. The van der Waals surface area contributed by atoms with Gasteiger partial charge in [0, 0.05) is 232 Å². The summed E-state index contributed by atoms with van der Waals surface area (Å²) in [7, 11) is 0. The van der Waals surface area contributed by atoms with Crippen molar-refractivity contribution in [1.29, 1.82) is 0 Å². The summed E-state index contributed by atoms with van der Waals surface area (Å²) in [5, 5.41) is 0. The van der Waals surface area contributed by atoms with E-state index in [1.54, 1.807) is 0 Å². The van der Waals surface area contributed by atoms with E-state index < -0.39 is 0 Å². The summed E-state index contributed by atoms with van der Waals surface area (Å²) in [4.78, 5) is 0. The van der Waals surface area contributed by atoms with Crippen LogP contribution in [0.5, 0.6) is 0 Å². The van der Waals surface area contributed by atoms with Crippen LogP contribution in [0.4, 0.5) is 0 Å². The molecule has 0 heterocycles. The molecule has 0 atom stereocenters. The number of rotatable bonds is 0. The van der Waals surface area contributed by atoms with Crippen molar-refractivity contribution in [3.63, 3.8) is 0 Å². The van der Waals surface area contributed by atoms with Gasteiger partial charge in [-0.25, -0.2) is 0 Å². The van der Waals surface area contributed by atoms with E-state index in [0.717, 1.165) is 0 Å². The van der Waals surface area contributed by atoms with Gasteiger partial charge in [-0.05, 0) is 0 Å². The van der Waals surface area contributed by atoms with Crippen molar-refractivity contribution < 1.29 is 232 Å². The predicted octanol–water partition coefficient (Wildman–Crippen LogP) is 0.423. The molecule has 0 saturated heterocycles. The molecule has 0 aliphatic rings. The van der Waals surface area contributed by atoms with Gasteiger partial charge in [0.25, 0.3) is 0 Å². The molecule has 12 heavy (non-hydrogen) atoms. The van der Waals surface area contributed by atoms with E-state index in [1.165, 1.54) is 0 Å². The van der Waals surface area contributed by atoms with Gasteiger partial charge in [0.15, 0.2) is 0 Å². The third-order valence-corrected chi connectivity index (χ3v) is 0. The Morgan fingerprint density at radius 1 is 0.167 bits per heavy atom. The zero-order valence-electron chi connectivity index (χ0n) is 5.49. The maximum Gasteiger partial charge on any atom is 0 e. The molecule has 0 aromatic carbocycles. The van der Waals surface area contributed by atoms with Gasteiger partial charge in [0.2, 0.25) is 0 Å². The first-order chi connectivity index (χ1) is 0. The standard InChI is InChI=1S/CH3.11W/h1H3;;;;;;;;;;;/q-1;;;;;;;;;;;. The third kappa shape index (κ3) is 84.2. The van der Waals surface area contributed by atoms with Crippen LogP contribution in [0.1, 0.15) is 0 Å². The number of hydrogen-bond acceptors (Lipinski definition) is 0. The number of hydrogen-bond donors (Lipinski definition) is 0. The van der Waals surface area contributed by atoms with Gasteiger partial charge in [0.1, 0.15) is 0 Å². The van der Waals surface area contributed by atoms with E-state index in [2.05, 4.69) is 0 Å². The molecule has 0 radical (unpaired) electrons. The molecule has 0 spiro atoms. The van der Waals surface area contributed by atoms with E-state index in [4.69, 9.17) is 0 Å². The molecule has 0 bridgehead atoms. The van der Waals surface area contributed by atoms with Crippen LogP contribution in [0, 0.1) is 7.43 Å². The van der Waals surface area contributed by atoms with Crippen LogP contribution in [0.3, 0.4) is 0 Å². The minimum atomic E-state index is 0. The van der Waals surface area contributed by atoms with E-state index in [9.17, 15) is 0 Å². The Morgan fingerprint density at radius 3 is 0.167 bits per heavy atom. The summed E-state index contributed by atoms with van der Waals surface area (Å²) in [5.41, 5.74) is 0. The van der Waals surface area contributed by atoms with Crippen LogP contribution in [0.15, 0.2) is 0 Å². The molecule has 0 amide bonds. The van der Waals surface area contributed by atoms with Crippen molar-refractivity contribution in [2.75, 3.05) is 0 Å². The Labute approximate surface area is 233 Å². The van der Waals surface area contributed by atoms with Crippen molar-refractivity contribution >= 4 is 0 Å². The predicted molar refractivity (Wildman–Crippen MR) is 6.41 cm³/mol. The van der Waals surface area contributed by atoms with Gasteiger partial charge in [0.05, 0.1) is 0 Å². The quantitative estimate of drug-likeness (QED) is 0.310. The first-order valence-corrected chi connectivity index (χ1v) is 0. The minimum Gasteiger partial charge on any atom is -0.358 e. The molecule has 0 fully saturated rings. The van der Waals surface area contributed by atoms with Crippen molar-refractivity contribution in [3.05, 3.63) is 7.43 Å². The van der Waals surface area contributed by atoms with Crippen LogP contribution in [0.25, 0.3) is 0 Å². The van der Waals surface area contributed by atoms with Crippen molar-refractivity contribution in [2.45, 2.75) is 0 Å². The molecule has 0 saturated carbocycles. The van der Waals surface area contributed by atoms with Gasteiger partial charge >= 0.3 is 0 Å². The second kappa shape index (κ2) is 100. The third-order valence-electron chi connectivity index (χ3n) is 0. The molecule has 0 rings (SSSR count). The first-order valence-electron chi connectivity index (χ1n) is 0. The largest absolute Gasteiger partial charge is 0.358 e. The van der Waals surface area contributed by atoms with Gasteiger partial charge in [-0.1, -0.05) is 0 Å². The average molecular weight is 2040 g/mol. The van der Waals surface area contributed by atoms with Crippen LogP contribution in [0.2, 0.25) is 0 Å². The molecule has 11 heteroatoms. The smallest absolute Gasteiger partial charge is 0 e. The molecule has 0 unspecified atom stereocenters. The molecule has 0 aliphatic heterocycles. The molecule has 0 aromatic heterocycles. The molecule has 0 N–H and O–H groups in total. The monoisotopic (exact) mass is 2040 g/mol. The minimum absolute atomic E-state index is 0. The van der Waals surface area contributed by atoms with E-state index in [-0.39, 0.29) is 239 Å². The Balaban J connectivity index is 0. The fourth-order valence-electron chi connectivity index (χ4n) is 0. The first kappa shape index (κ1) is 118. The van der Waals surface area contributed by atoms with Crippen molar-refractivity contribution in [1.82, 2.24) is 0 Å². The van der Waals surface area contributed by atoms with Crippen LogP contribution >= 0.6 is 0 Å². The Bertz CT molecular complexity index is 4.97. The van der Waals surface area contributed by atoms with E-state index in [1.807, 2.05) is 0 Å². The topological polar surface area (TPSA) is 0 Å². The van der Waals surface area contributed by atoms with Gasteiger partial charge in [-0.3, -0.25) is 0 Å². The van der Waals surface area contributed by atoms with Gasteiger partial charge < -0.3 is 7.43 Å². The maximum atomic E-state index is 0. The summed E-state index contributed by atoms with van der Waals surface area (Å²) >= 11 is 0. The summed E-state index contributed by atoms with van der Waals surface area (Å²) in [6, 6.07) is 0. The van der Waals surface area contributed by atoms with E-state index >= 15 is 0 Å². The Hall–Kier alpha value is 7.57. The molecule has 74 valence electrons. The maximum absolute atomic E-state index is 0. The SMILES string of the molecule is [CH3-].[W].[W].[W].[W].[W].[W].[W].[W].[W].[W].[W]. The summed E-state index contributed by atoms with van der Waals surface area (Å²) in [5.74, 6) is 0. The zero-order valence-corrected chi connectivity index (χ0v) is 37.8. The average Bonchev–Trinajstić information content (AvgIpc) is 0. The molecule has 0 nitrogen and oxygen atoms in total.